The van der Waals surface area contributed by atoms with Crippen molar-refractivity contribution in [3.05, 3.63) is 23.3 Å². The predicted octanol–water partition coefficient (Wildman–Crippen LogP) is 4.94. The fourth-order valence-electron chi connectivity index (χ4n) is 6.13. The average Bonchev–Trinajstić information content (AvgIpc) is 2.97. The van der Waals surface area contributed by atoms with E-state index in [4.69, 9.17) is 24.7 Å². The number of alkyl halides is 3. The Labute approximate surface area is 268 Å². The van der Waals surface area contributed by atoms with E-state index in [9.17, 15) is 27.6 Å². The molecule has 11 nitrogen and oxygen atoms in total. The third-order valence-electron chi connectivity index (χ3n) is 8.23. The molecule has 0 spiro atoms. The van der Waals surface area contributed by atoms with Crippen molar-refractivity contribution < 1.29 is 46.5 Å². The number of likely N-dealkylation sites (tertiary alicyclic amines) is 1. The van der Waals surface area contributed by atoms with Crippen LogP contribution in [-0.4, -0.2) is 96.7 Å². The van der Waals surface area contributed by atoms with E-state index in [0.717, 1.165) is 25.0 Å². The number of fused-ring (bicyclic) bond motifs is 1. The van der Waals surface area contributed by atoms with Gasteiger partial charge in [0.15, 0.2) is 6.29 Å². The Morgan fingerprint density at radius 1 is 1.15 bits per heavy atom. The number of carbonyl (C=O) groups excluding carboxylic acids is 3. The van der Waals surface area contributed by atoms with Gasteiger partial charge in [-0.3, -0.25) is 9.59 Å². The Bertz CT molecular complexity index is 1280. The van der Waals surface area contributed by atoms with E-state index in [2.05, 4.69) is 0 Å². The van der Waals surface area contributed by atoms with E-state index < -0.39 is 64.8 Å². The molecule has 258 valence electrons. The fourth-order valence-corrected chi connectivity index (χ4v) is 6.13. The quantitative estimate of drug-likeness (QED) is 0.418. The highest BCUT2D eigenvalue weighted by molar-refractivity contribution is 6.05. The van der Waals surface area contributed by atoms with Crippen LogP contribution >= 0.6 is 0 Å². The molecule has 3 aliphatic heterocycles. The number of hydrogen-bond donors (Lipinski definition) is 1. The molecule has 1 aromatic carbocycles. The Morgan fingerprint density at radius 2 is 1.87 bits per heavy atom. The molecular formula is C32H47F3N4O7. The van der Waals surface area contributed by atoms with E-state index in [1.54, 1.807) is 34.6 Å². The largest absolute Gasteiger partial charge is 0.473 e. The SMILES string of the molecule is CC(C)N(C(=O)c1cc2c(cc1C(F)(F)F)OC(C)(COC1CCCCO1)C(=O)N2CCN)[C@@H]1CCCN(C(=O)OC(C)(C)C)C1. The number of hydrogen-bond acceptors (Lipinski definition) is 8. The molecule has 46 heavy (non-hydrogen) atoms. The summed E-state index contributed by atoms with van der Waals surface area (Å²) in [7, 11) is 0. The van der Waals surface area contributed by atoms with Crippen LogP contribution in [0.1, 0.15) is 89.6 Å². The molecule has 3 atom stereocenters. The van der Waals surface area contributed by atoms with Crippen LogP contribution in [0.3, 0.4) is 0 Å². The summed E-state index contributed by atoms with van der Waals surface area (Å²) in [6.45, 7) is 10.9. The number of nitrogens with two attached hydrogens (primary N) is 1. The highest BCUT2D eigenvalue weighted by Gasteiger charge is 2.48. The zero-order valence-electron chi connectivity index (χ0n) is 27.6. The van der Waals surface area contributed by atoms with Crippen LogP contribution in [0.15, 0.2) is 12.1 Å². The van der Waals surface area contributed by atoms with Gasteiger partial charge in [0.25, 0.3) is 11.8 Å². The molecule has 4 rings (SSSR count). The summed E-state index contributed by atoms with van der Waals surface area (Å²) < 4.78 is 66.9. The molecule has 2 unspecified atom stereocenters. The highest BCUT2D eigenvalue weighted by atomic mass is 19.4. The van der Waals surface area contributed by atoms with Gasteiger partial charge in [0.2, 0.25) is 5.60 Å². The highest BCUT2D eigenvalue weighted by Crippen LogP contribution is 2.45. The summed E-state index contributed by atoms with van der Waals surface area (Å²) in [5.41, 5.74) is 1.64. The second kappa shape index (κ2) is 13.9. The van der Waals surface area contributed by atoms with Gasteiger partial charge in [0.1, 0.15) is 11.4 Å². The van der Waals surface area contributed by atoms with Crippen molar-refractivity contribution in [2.24, 2.45) is 5.73 Å². The van der Waals surface area contributed by atoms with E-state index in [-0.39, 0.29) is 37.7 Å². The summed E-state index contributed by atoms with van der Waals surface area (Å²) in [5, 5.41) is 0. The number of benzene rings is 1. The Hall–Kier alpha value is -3.10. The Kier molecular flexibility index (Phi) is 10.8. The van der Waals surface area contributed by atoms with Crippen molar-refractivity contribution in [1.29, 1.82) is 0 Å². The van der Waals surface area contributed by atoms with Crippen LogP contribution in [0.2, 0.25) is 0 Å². The minimum Gasteiger partial charge on any atom is -0.473 e. The van der Waals surface area contributed by atoms with Gasteiger partial charge >= 0.3 is 12.3 Å². The molecule has 0 bridgehead atoms. The molecule has 14 heteroatoms. The minimum absolute atomic E-state index is 0.0127. The fraction of sp³-hybridized carbons (Fsp3) is 0.719. The lowest BCUT2D eigenvalue weighted by atomic mass is 9.96. The molecule has 3 aliphatic rings. The number of anilines is 1. The van der Waals surface area contributed by atoms with Gasteiger partial charge in [-0.1, -0.05) is 0 Å². The van der Waals surface area contributed by atoms with Crippen LogP contribution in [0.5, 0.6) is 5.75 Å². The van der Waals surface area contributed by atoms with Crippen molar-refractivity contribution >= 4 is 23.6 Å². The lowest BCUT2D eigenvalue weighted by molar-refractivity contribution is -0.188. The maximum Gasteiger partial charge on any atom is 0.417 e. The lowest BCUT2D eigenvalue weighted by Gasteiger charge is -2.43. The number of rotatable bonds is 8. The molecular weight excluding hydrogens is 609 g/mol. The summed E-state index contributed by atoms with van der Waals surface area (Å²) in [5.74, 6) is -1.63. The summed E-state index contributed by atoms with van der Waals surface area (Å²) >= 11 is 0. The Morgan fingerprint density at radius 3 is 2.46 bits per heavy atom. The van der Waals surface area contributed by atoms with Gasteiger partial charge in [0.05, 0.1) is 29.5 Å². The van der Waals surface area contributed by atoms with Crippen LogP contribution in [0, 0.1) is 0 Å². The number of nitrogens with zero attached hydrogens (tertiary/aromatic N) is 3. The average molecular weight is 657 g/mol. The minimum atomic E-state index is -4.93. The molecule has 2 saturated heterocycles. The van der Waals surface area contributed by atoms with Crippen LogP contribution in [-0.2, 0) is 25.2 Å². The maximum absolute atomic E-state index is 14.7. The summed E-state index contributed by atoms with van der Waals surface area (Å²) in [6.07, 6.45) is -2.60. The van der Waals surface area contributed by atoms with Crippen LogP contribution < -0.4 is 15.4 Å². The van der Waals surface area contributed by atoms with Gasteiger partial charge in [0, 0.05) is 38.8 Å². The second-order valence-corrected chi connectivity index (χ2v) is 13.6. The van der Waals surface area contributed by atoms with E-state index in [1.165, 1.54) is 21.6 Å². The monoisotopic (exact) mass is 656 g/mol. The van der Waals surface area contributed by atoms with Crippen molar-refractivity contribution in [2.45, 2.75) is 109 Å². The van der Waals surface area contributed by atoms with Crippen molar-refractivity contribution in [3.8, 4) is 5.75 Å². The normalized spacial score (nSPS) is 24.0. The van der Waals surface area contributed by atoms with Gasteiger partial charge in [-0.2, -0.15) is 13.2 Å². The first-order valence-electron chi connectivity index (χ1n) is 16.0. The predicted molar refractivity (Wildman–Crippen MR) is 164 cm³/mol. The molecule has 2 fully saturated rings. The van der Waals surface area contributed by atoms with Crippen molar-refractivity contribution in [2.75, 3.05) is 44.3 Å². The maximum atomic E-state index is 14.7. The zero-order chi connectivity index (χ0) is 34.0. The number of halogens is 3. The third kappa shape index (κ3) is 8.06. The summed E-state index contributed by atoms with van der Waals surface area (Å²) in [6, 6.07) is 0.781. The van der Waals surface area contributed by atoms with E-state index in [1.807, 2.05) is 0 Å². The standard InChI is InChI=1S/C32H47F3N4O7/c1-20(2)39(21-10-9-13-37(18-21)29(42)46-30(3,4)5)27(40)22-16-24-25(17-23(22)32(33,34)35)45-31(6,28(41)38(24)14-12-36)19-44-26-11-7-8-15-43-26/h16-17,20-21,26H,7-15,18-19,36H2,1-6H3/t21-,26?,31?/m1/s1. The first-order chi connectivity index (χ1) is 21.4. The van der Waals surface area contributed by atoms with E-state index in [0.29, 0.717) is 32.4 Å². The van der Waals surface area contributed by atoms with Crippen molar-refractivity contribution in [1.82, 2.24) is 9.80 Å². The first-order valence-corrected chi connectivity index (χ1v) is 16.0. The van der Waals surface area contributed by atoms with E-state index >= 15 is 0 Å². The molecule has 3 amide bonds. The molecule has 0 aromatic heterocycles. The molecule has 0 radical (unpaired) electrons. The number of carbonyl (C=O) groups is 3. The molecule has 0 aliphatic carbocycles. The zero-order valence-corrected chi connectivity index (χ0v) is 27.6. The number of amides is 3. The Balaban J connectivity index is 1.70. The molecule has 3 heterocycles. The van der Waals surface area contributed by atoms with Gasteiger partial charge < -0.3 is 39.4 Å². The van der Waals surface area contributed by atoms with Crippen LogP contribution in [0.4, 0.5) is 23.7 Å². The smallest absolute Gasteiger partial charge is 0.417 e. The lowest BCUT2D eigenvalue weighted by Crippen LogP contribution is -2.58. The number of piperidine rings is 1. The molecule has 0 saturated carbocycles. The van der Waals surface area contributed by atoms with Crippen LogP contribution in [0.25, 0.3) is 0 Å². The number of ether oxygens (including phenoxy) is 4. The molecule has 2 N–H and O–H groups in total. The van der Waals surface area contributed by atoms with Gasteiger partial charge in [-0.05, 0) is 85.8 Å². The second-order valence-electron chi connectivity index (χ2n) is 13.6. The topological polar surface area (TPSA) is 124 Å². The van der Waals surface area contributed by atoms with Gasteiger partial charge in [-0.15, -0.1) is 0 Å². The summed E-state index contributed by atoms with van der Waals surface area (Å²) in [4.78, 5) is 44.9. The molecule has 1 aromatic rings. The van der Waals surface area contributed by atoms with Gasteiger partial charge in [-0.25, -0.2) is 4.79 Å². The van der Waals surface area contributed by atoms with Crippen molar-refractivity contribution in [3.63, 3.8) is 0 Å². The first kappa shape index (κ1) is 35.7. The third-order valence-corrected chi connectivity index (χ3v) is 8.23.